The van der Waals surface area contributed by atoms with E-state index in [1.54, 1.807) is 4.90 Å². The van der Waals surface area contributed by atoms with Crippen molar-refractivity contribution in [2.75, 3.05) is 0 Å². The van der Waals surface area contributed by atoms with Crippen LogP contribution in [-0.4, -0.2) is 39.9 Å². The molecule has 3 aliphatic rings. The monoisotopic (exact) mass is 432 g/mol. The number of fused-ring (bicyclic) bond motifs is 1. The van der Waals surface area contributed by atoms with E-state index in [0.717, 1.165) is 42.8 Å². The highest BCUT2D eigenvalue weighted by Crippen LogP contribution is 2.32. The first-order chi connectivity index (χ1) is 15.6. The number of amides is 2. The maximum atomic E-state index is 12.9. The number of rotatable bonds is 6. The lowest BCUT2D eigenvalue weighted by Gasteiger charge is -2.30. The average molecular weight is 433 g/mol. The number of ether oxygens (including phenoxy) is 1. The zero-order valence-electron chi connectivity index (χ0n) is 18.0. The molecule has 2 fully saturated rings. The topological polar surface area (TPSA) is 83.6 Å². The number of hydrogen-bond acceptors (Lipinski definition) is 5. The van der Waals surface area contributed by atoms with Crippen molar-refractivity contribution < 1.29 is 14.3 Å². The van der Waals surface area contributed by atoms with Crippen LogP contribution in [0.25, 0.3) is 0 Å². The molecule has 1 aliphatic carbocycles. The SMILES string of the molecule is C=C1CCC(N2Cc3cc(O[C@@H]4CCC[C@@H]4NCc4ccncc4)ccc3C2=O)C(=O)N1. The molecule has 3 heterocycles. The van der Waals surface area contributed by atoms with Gasteiger partial charge >= 0.3 is 0 Å². The molecular formula is C25H28N4O3. The Morgan fingerprint density at radius 2 is 2.00 bits per heavy atom. The van der Waals surface area contributed by atoms with E-state index in [2.05, 4.69) is 22.2 Å². The first kappa shape index (κ1) is 20.7. The van der Waals surface area contributed by atoms with Crippen molar-refractivity contribution >= 4 is 11.8 Å². The molecule has 0 bridgehead atoms. The van der Waals surface area contributed by atoms with Gasteiger partial charge < -0.3 is 20.3 Å². The van der Waals surface area contributed by atoms with Gasteiger partial charge in [0.15, 0.2) is 0 Å². The van der Waals surface area contributed by atoms with Crippen molar-refractivity contribution in [3.05, 3.63) is 71.7 Å². The maximum Gasteiger partial charge on any atom is 0.255 e. The van der Waals surface area contributed by atoms with E-state index >= 15 is 0 Å². The van der Waals surface area contributed by atoms with E-state index in [0.29, 0.717) is 24.9 Å². The van der Waals surface area contributed by atoms with Crippen LogP contribution in [0.5, 0.6) is 5.75 Å². The minimum Gasteiger partial charge on any atom is -0.489 e. The van der Waals surface area contributed by atoms with Crippen LogP contribution in [0.3, 0.4) is 0 Å². The fourth-order valence-electron chi connectivity index (χ4n) is 4.93. The average Bonchev–Trinajstić information content (AvgIpc) is 3.37. The number of nitrogens with one attached hydrogen (secondary N) is 2. The maximum absolute atomic E-state index is 12.9. The van der Waals surface area contributed by atoms with Gasteiger partial charge in [-0.3, -0.25) is 14.6 Å². The van der Waals surface area contributed by atoms with Crippen LogP contribution >= 0.6 is 0 Å². The van der Waals surface area contributed by atoms with Gasteiger partial charge in [-0.15, -0.1) is 0 Å². The van der Waals surface area contributed by atoms with Crippen molar-refractivity contribution in [2.45, 2.75) is 63.4 Å². The lowest BCUT2D eigenvalue weighted by Crippen LogP contribution is -2.49. The van der Waals surface area contributed by atoms with Crippen molar-refractivity contribution in [3.63, 3.8) is 0 Å². The molecule has 1 unspecified atom stereocenters. The Hall–Kier alpha value is -3.19. The number of nitrogens with zero attached hydrogens (tertiary/aromatic N) is 2. The molecule has 0 spiro atoms. The van der Waals surface area contributed by atoms with Crippen LogP contribution in [0, 0.1) is 0 Å². The van der Waals surface area contributed by atoms with Crippen LogP contribution in [-0.2, 0) is 17.9 Å². The molecule has 1 aromatic heterocycles. The number of benzene rings is 1. The van der Waals surface area contributed by atoms with Crippen molar-refractivity contribution in [3.8, 4) is 5.75 Å². The van der Waals surface area contributed by atoms with E-state index in [9.17, 15) is 9.59 Å². The van der Waals surface area contributed by atoms with Gasteiger partial charge in [-0.25, -0.2) is 0 Å². The number of aromatic nitrogens is 1. The second kappa shape index (κ2) is 8.74. The number of allylic oxidation sites excluding steroid dienone is 1. The molecule has 0 radical (unpaired) electrons. The molecule has 2 aliphatic heterocycles. The van der Waals surface area contributed by atoms with Crippen LogP contribution in [0.4, 0.5) is 0 Å². The quantitative estimate of drug-likeness (QED) is 0.733. The number of carbonyl (C=O) groups is 2. The van der Waals surface area contributed by atoms with Gasteiger partial charge in [-0.2, -0.15) is 0 Å². The summed E-state index contributed by atoms with van der Waals surface area (Å²) in [4.78, 5) is 31.0. The third-order valence-corrected chi connectivity index (χ3v) is 6.66. The van der Waals surface area contributed by atoms with Gasteiger partial charge in [0.25, 0.3) is 5.91 Å². The standard InChI is InChI=1S/C25H28N4O3/c1-16-5-8-22(24(30)28-16)29-15-18-13-19(6-7-20(18)25(29)31)32-23-4-2-3-21(23)27-14-17-9-11-26-12-10-17/h6-7,9-13,21-23,27H,1-5,8,14-15H2,(H,28,30)/t21-,22?,23+/m0/s1. The molecule has 1 saturated heterocycles. The van der Waals surface area contributed by atoms with Gasteiger partial charge in [0, 0.05) is 42.8 Å². The second-order valence-corrected chi connectivity index (χ2v) is 8.83. The Morgan fingerprint density at radius 3 is 2.81 bits per heavy atom. The number of hydrogen-bond donors (Lipinski definition) is 2. The molecule has 1 aromatic carbocycles. The highest BCUT2D eigenvalue weighted by molar-refractivity contribution is 6.01. The van der Waals surface area contributed by atoms with E-state index in [4.69, 9.17) is 4.74 Å². The van der Waals surface area contributed by atoms with Crippen molar-refractivity contribution in [1.82, 2.24) is 20.5 Å². The molecule has 5 rings (SSSR count). The number of carbonyl (C=O) groups excluding carboxylic acids is 2. The molecule has 32 heavy (non-hydrogen) atoms. The van der Waals surface area contributed by atoms with Gasteiger partial charge in [0.05, 0.1) is 0 Å². The Kier molecular flexibility index (Phi) is 5.66. The fourth-order valence-corrected chi connectivity index (χ4v) is 4.93. The minimum absolute atomic E-state index is 0.0861. The predicted octanol–water partition coefficient (Wildman–Crippen LogP) is 2.92. The summed E-state index contributed by atoms with van der Waals surface area (Å²) < 4.78 is 6.36. The summed E-state index contributed by atoms with van der Waals surface area (Å²) in [5.74, 6) is 0.549. The van der Waals surface area contributed by atoms with E-state index < -0.39 is 6.04 Å². The van der Waals surface area contributed by atoms with Crippen LogP contribution in [0.15, 0.2) is 55.0 Å². The highest BCUT2D eigenvalue weighted by Gasteiger charge is 2.38. The molecule has 7 heteroatoms. The fraction of sp³-hybridized carbons (Fsp3) is 0.400. The van der Waals surface area contributed by atoms with Gasteiger partial charge in [0.1, 0.15) is 17.9 Å². The van der Waals surface area contributed by atoms with Gasteiger partial charge in [-0.1, -0.05) is 6.58 Å². The van der Waals surface area contributed by atoms with Gasteiger partial charge in [0.2, 0.25) is 5.91 Å². The summed E-state index contributed by atoms with van der Waals surface area (Å²) in [5.41, 5.74) is 3.50. The molecule has 1 saturated carbocycles. The third-order valence-electron chi connectivity index (χ3n) is 6.66. The highest BCUT2D eigenvalue weighted by atomic mass is 16.5. The molecule has 2 N–H and O–H groups in total. The smallest absolute Gasteiger partial charge is 0.255 e. The van der Waals surface area contributed by atoms with E-state index in [1.807, 2.05) is 42.7 Å². The van der Waals surface area contributed by atoms with Gasteiger partial charge in [-0.05, 0) is 73.6 Å². The molecule has 7 nitrogen and oxygen atoms in total. The lowest BCUT2D eigenvalue weighted by molar-refractivity contribution is -0.126. The van der Waals surface area contributed by atoms with E-state index in [1.165, 1.54) is 5.56 Å². The Balaban J connectivity index is 1.24. The molecular weight excluding hydrogens is 404 g/mol. The van der Waals surface area contributed by atoms with Crippen LogP contribution in [0.2, 0.25) is 0 Å². The summed E-state index contributed by atoms with van der Waals surface area (Å²) in [6, 6.07) is 9.55. The normalized spacial score (nSPS) is 25.1. The zero-order valence-corrected chi connectivity index (χ0v) is 18.0. The number of piperidine rings is 1. The largest absolute Gasteiger partial charge is 0.489 e. The summed E-state index contributed by atoms with van der Waals surface area (Å²) in [5, 5.41) is 6.40. The lowest BCUT2D eigenvalue weighted by atomic mass is 10.0. The first-order valence-corrected chi connectivity index (χ1v) is 11.3. The molecule has 2 aromatic rings. The summed E-state index contributed by atoms with van der Waals surface area (Å²) in [6.07, 6.45) is 8.22. The Bertz CT molecular complexity index is 1040. The van der Waals surface area contributed by atoms with Crippen molar-refractivity contribution in [1.29, 1.82) is 0 Å². The Morgan fingerprint density at radius 1 is 1.16 bits per heavy atom. The molecule has 2 amide bonds. The predicted molar refractivity (Wildman–Crippen MR) is 120 cm³/mol. The van der Waals surface area contributed by atoms with Crippen molar-refractivity contribution in [2.24, 2.45) is 0 Å². The summed E-state index contributed by atoms with van der Waals surface area (Å²) >= 11 is 0. The van der Waals surface area contributed by atoms with Crippen LogP contribution in [0.1, 0.15) is 53.6 Å². The first-order valence-electron chi connectivity index (χ1n) is 11.3. The third kappa shape index (κ3) is 4.12. The Labute approximate surface area is 187 Å². The molecule has 3 atom stereocenters. The van der Waals surface area contributed by atoms with E-state index in [-0.39, 0.29) is 24.0 Å². The molecule has 166 valence electrons. The minimum atomic E-state index is -0.443. The number of pyridine rings is 1. The zero-order chi connectivity index (χ0) is 22.1. The summed E-state index contributed by atoms with van der Waals surface area (Å²) in [7, 11) is 0. The second-order valence-electron chi connectivity index (χ2n) is 8.83. The summed E-state index contributed by atoms with van der Waals surface area (Å²) in [6.45, 7) is 5.04. The van der Waals surface area contributed by atoms with Crippen LogP contribution < -0.4 is 15.4 Å².